The highest BCUT2D eigenvalue weighted by Gasteiger charge is 2.22. The van der Waals surface area contributed by atoms with Crippen molar-refractivity contribution in [2.24, 2.45) is 0 Å². The van der Waals surface area contributed by atoms with Gasteiger partial charge in [-0.25, -0.2) is 0 Å². The Labute approximate surface area is 110 Å². The van der Waals surface area contributed by atoms with Gasteiger partial charge in [0.1, 0.15) is 5.76 Å². The van der Waals surface area contributed by atoms with Crippen LogP contribution >= 0.6 is 0 Å². The summed E-state index contributed by atoms with van der Waals surface area (Å²) >= 11 is 0. The Hall–Kier alpha value is -1.28. The Kier molecular flexibility index (Phi) is 4.82. The number of hydrogen-bond acceptors (Lipinski definition) is 2. The van der Waals surface area contributed by atoms with Gasteiger partial charge in [-0.05, 0) is 24.5 Å². The number of rotatable bonds is 6. The quantitative estimate of drug-likeness (QED) is 0.679. The molecule has 0 amide bonds. The summed E-state index contributed by atoms with van der Waals surface area (Å²) in [4.78, 5) is 0. The molecular formula is C16H22O2. The summed E-state index contributed by atoms with van der Waals surface area (Å²) in [5.41, 5.74) is 2.38. The van der Waals surface area contributed by atoms with E-state index in [1.807, 2.05) is 6.07 Å². The fourth-order valence-corrected chi connectivity index (χ4v) is 2.10. The van der Waals surface area contributed by atoms with Crippen molar-refractivity contribution in [3.05, 3.63) is 41.2 Å². The normalized spacial score (nSPS) is 17.9. The number of hydrogen-bond donors (Lipinski definition) is 0. The van der Waals surface area contributed by atoms with Crippen LogP contribution in [-0.4, -0.2) is 6.61 Å². The first-order valence-electron chi connectivity index (χ1n) is 6.93. The van der Waals surface area contributed by atoms with E-state index in [4.69, 9.17) is 9.47 Å². The van der Waals surface area contributed by atoms with E-state index in [0.717, 1.165) is 43.6 Å². The fraction of sp³-hybridized carbons (Fsp3) is 0.500. The number of unbranched alkanes of at least 4 members (excludes halogenated alkanes) is 1. The van der Waals surface area contributed by atoms with Crippen molar-refractivity contribution in [1.29, 1.82) is 0 Å². The van der Waals surface area contributed by atoms with Crippen LogP contribution in [0, 0.1) is 0 Å². The SMILES string of the molecule is CCCCOC1OC(CCC)=Cc2ccccc21. The van der Waals surface area contributed by atoms with Gasteiger partial charge in [0.05, 0.1) is 6.61 Å². The van der Waals surface area contributed by atoms with Gasteiger partial charge < -0.3 is 9.47 Å². The molecule has 0 aromatic heterocycles. The van der Waals surface area contributed by atoms with Crippen molar-refractivity contribution in [1.82, 2.24) is 0 Å². The lowest BCUT2D eigenvalue weighted by Crippen LogP contribution is -2.14. The maximum atomic E-state index is 5.94. The molecule has 18 heavy (non-hydrogen) atoms. The lowest BCUT2D eigenvalue weighted by molar-refractivity contribution is -0.124. The van der Waals surface area contributed by atoms with E-state index in [1.54, 1.807) is 0 Å². The van der Waals surface area contributed by atoms with Crippen LogP contribution in [0.4, 0.5) is 0 Å². The summed E-state index contributed by atoms with van der Waals surface area (Å²) < 4.78 is 11.8. The minimum Gasteiger partial charge on any atom is -0.465 e. The first kappa shape index (κ1) is 13.2. The van der Waals surface area contributed by atoms with Gasteiger partial charge >= 0.3 is 0 Å². The molecule has 0 N–H and O–H groups in total. The van der Waals surface area contributed by atoms with Crippen LogP contribution in [0.2, 0.25) is 0 Å². The molecule has 0 bridgehead atoms. The molecule has 1 atom stereocenters. The zero-order valence-corrected chi connectivity index (χ0v) is 11.3. The minimum absolute atomic E-state index is 0.223. The van der Waals surface area contributed by atoms with Crippen LogP contribution in [-0.2, 0) is 9.47 Å². The van der Waals surface area contributed by atoms with Crippen molar-refractivity contribution in [3.63, 3.8) is 0 Å². The number of allylic oxidation sites excluding steroid dienone is 1. The lowest BCUT2D eigenvalue weighted by Gasteiger charge is -2.27. The van der Waals surface area contributed by atoms with Gasteiger partial charge in [0.25, 0.3) is 0 Å². The molecule has 0 radical (unpaired) electrons. The lowest BCUT2D eigenvalue weighted by atomic mass is 10.0. The molecule has 1 aromatic rings. The van der Waals surface area contributed by atoms with E-state index in [-0.39, 0.29) is 6.29 Å². The van der Waals surface area contributed by atoms with Gasteiger partial charge in [-0.2, -0.15) is 0 Å². The van der Waals surface area contributed by atoms with Gasteiger partial charge in [-0.15, -0.1) is 0 Å². The van der Waals surface area contributed by atoms with E-state index in [1.165, 1.54) is 5.56 Å². The maximum Gasteiger partial charge on any atom is 0.226 e. The van der Waals surface area contributed by atoms with E-state index < -0.39 is 0 Å². The molecule has 2 heteroatoms. The molecule has 0 spiro atoms. The Balaban J connectivity index is 2.13. The Morgan fingerprint density at radius 1 is 1.17 bits per heavy atom. The van der Waals surface area contributed by atoms with Gasteiger partial charge in [0.15, 0.2) is 0 Å². The van der Waals surface area contributed by atoms with Crippen LogP contribution in [0.25, 0.3) is 6.08 Å². The molecule has 0 saturated heterocycles. The number of ether oxygens (including phenoxy) is 2. The second kappa shape index (κ2) is 6.60. The predicted molar refractivity (Wildman–Crippen MR) is 74.0 cm³/mol. The average Bonchev–Trinajstić information content (AvgIpc) is 2.39. The topological polar surface area (TPSA) is 18.5 Å². The largest absolute Gasteiger partial charge is 0.465 e. The molecular weight excluding hydrogens is 224 g/mol. The molecule has 0 fully saturated rings. The third-order valence-corrected chi connectivity index (χ3v) is 3.09. The van der Waals surface area contributed by atoms with E-state index in [2.05, 4.69) is 38.1 Å². The third kappa shape index (κ3) is 3.14. The molecule has 1 unspecified atom stereocenters. The van der Waals surface area contributed by atoms with Crippen molar-refractivity contribution >= 4 is 6.08 Å². The average molecular weight is 246 g/mol. The van der Waals surface area contributed by atoms with Gasteiger partial charge in [0, 0.05) is 12.0 Å². The van der Waals surface area contributed by atoms with Crippen molar-refractivity contribution < 1.29 is 9.47 Å². The highest BCUT2D eigenvalue weighted by molar-refractivity contribution is 5.57. The summed E-state index contributed by atoms with van der Waals surface area (Å²) in [7, 11) is 0. The van der Waals surface area contributed by atoms with Crippen LogP contribution in [0.5, 0.6) is 0 Å². The second-order valence-electron chi connectivity index (χ2n) is 4.66. The highest BCUT2D eigenvalue weighted by Crippen LogP contribution is 2.33. The first-order valence-corrected chi connectivity index (χ1v) is 6.93. The highest BCUT2D eigenvalue weighted by atomic mass is 16.7. The van der Waals surface area contributed by atoms with E-state index >= 15 is 0 Å². The summed E-state index contributed by atoms with van der Waals surface area (Å²) in [6, 6.07) is 8.32. The maximum absolute atomic E-state index is 5.94. The Morgan fingerprint density at radius 2 is 2.00 bits per heavy atom. The van der Waals surface area contributed by atoms with Gasteiger partial charge in [-0.1, -0.05) is 44.5 Å². The first-order chi connectivity index (χ1) is 8.85. The summed E-state index contributed by atoms with van der Waals surface area (Å²) in [5, 5.41) is 0. The molecule has 0 saturated carbocycles. The molecule has 98 valence electrons. The summed E-state index contributed by atoms with van der Waals surface area (Å²) in [5.74, 6) is 1.04. The Bertz CT molecular complexity index is 409. The van der Waals surface area contributed by atoms with Gasteiger partial charge in [0.2, 0.25) is 6.29 Å². The van der Waals surface area contributed by atoms with Crippen molar-refractivity contribution in [3.8, 4) is 0 Å². The molecule has 1 aromatic carbocycles. The Morgan fingerprint density at radius 3 is 2.78 bits per heavy atom. The summed E-state index contributed by atoms with van der Waals surface area (Å²) in [6.07, 6.45) is 6.20. The zero-order chi connectivity index (χ0) is 12.8. The molecule has 1 heterocycles. The van der Waals surface area contributed by atoms with Crippen LogP contribution < -0.4 is 0 Å². The van der Waals surface area contributed by atoms with Crippen molar-refractivity contribution in [2.75, 3.05) is 6.61 Å². The molecule has 1 aliphatic rings. The predicted octanol–water partition coefficient (Wildman–Crippen LogP) is 4.67. The fourth-order valence-electron chi connectivity index (χ4n) is 2.10. The molecule has 0 aliphatic carbocycles. The number of benzene rings is 1. The zero-order valence-electron chi connectivity index (χ0n) is 11.3. The molecule has 1 aliphatic heterocycles. The number of fused-ring (bicyclic) bond motifs is 1. The molecule has 2 rings (SSSR count). The van der Waals surface area contributed by atoms with Crippen LogP contribution in [0.1, 0.15) is 56.9 Å². The van der Waals surface area contributed by atoms with Gasteiger partial charge in [-0.3, -0.25) is 0 Å². The van der Waals surface area contributed by atoms with Crippen molar-refractivity contribution in [2.45, 2.75) is 45.8 Å². The summed E-state index contributed by atoms with van der Waals surface area (Å²) in [6.45, 7) is 5.09. The van der Waals surface area contributed by atoms with E-state index in [9.17, 15) is 0 Å². The van der Waals surface area contributed by atoms with Crippen LogP contribution in [0.3, 0.4) is 0 Å². The third-order valence-electron chi connectivity index (χ3n) is 3.09. The van der Waals surface area contributed by atoms with E-state index in [0.29, 0.717) is 0 Å². The second-order valence-corrected chi connectivity index (χ2v) is 4.66. The smallest absolute Gasteiger partial charge is 0.226 e. The monoisotopic (exact) mass is 246 g/mol. The minimum atomic E-state index is -0.223. The van der Waals surface area contributed by atoms with Crippen LogP contribution in [0.15, 0.2) is 30.0 Å². The molecule has 2 nitrogen and oxygen atoms in total. The standard InChI is InChI=1S/C16H22O2/c1-3-5-11-17-16-15-10-7-6-9-13(15)12-14(18-16)8-4-2/h6-7,9-10,12,16H,3-5,8,11H2,1-2H3.